The maximum Gasteiger partial charge on any atom is 0.0253 e. The second-order valence-electron chi connectivity index (χ2n) is 6.54. The zero-order valence-corrected chi connectivity index (χ0v) is 13.5. The predicted molar refractivity (Wildman–Crippen MR) is 87.2 cm³/mol. The van der Waals surface area contributed by atoms with Gasteiger partial charge in [-0.3, -0.25) is 4.90 Å². The summed E-state index contributed by atoms with van der Waals surface area (Å²) in [6, 6.07) is 3.75. The van der Waals surface area contributed by atoms with Crippen molar-refractivity contribution in [2.75, 3.05) is 13.1 Å². The molecule has 2 fully saturated rings. The fraction of sp³-hybridized carbons (Fsp3) is 0.765. The van der Waals surface area contributed by atoms with Gasteiger partial charge in [-0.15, -0.1) is 0 Å². The van der Waals surface area contributed by atoms with Crippen LogP contribution >= 0.6 is 11.3 Å². The largest absolute Gasteiger partial charge is 0.311 e. The lowest BCUT2D eigenvalue weighted by Gasteiger charge is -2.45. The third-order valence-electron chi connectivity index (χ3n) is 5.19. The van der Waals surface area contributed by atoms with Crippen molar-refractivity contribution in [3.05, 3.63) is 22.4 Å². The zero-order chi connectivity index (χ0) is 13.8. The van der Waals surface area contributed by atoms with Crippen LogP contribution in [0.4, 0.5) is 0 Å². The monoisotopic (exact) mass is 292 g/mol. The Bertz CT molecular complexity index is 384. The van der Waals surface area contributed by atoms with Crippen LogP contribution in [0.25, 0.3) is 0 Å². The molecule has 3 rings (SSSR count). The lowest BCUT2D eigenvalue weighted by molar-refractivity contribution is 0.0646. The van der Waals surface area contributed by atoms with Gasteiger partial charge >= 0.3 is 0 Å². The summed E-state index contributed by atoms with van der Waals surface area (Å²) in [5.74, 6) is 0.924. The van der Waals surface area contributed by atoms with E-state index >= 15 is 0 Å². The summed E-state index contributed by atoms with van der Waals surface area (Å²) < 4.78 is 0. The van der Waals surface area contributed by atoms with Gasteiger partial charge in [0.15, 0.2) is 0 Å². The van der Waals surface area contributed by atoms with Crippen molar-refractivity contribution < 1.29 is 0 Å². The molecule has 0 amide bonds. The SMILES string of the molecule is CCC1CN(Cc2ccsc2)C(C2CCCCC2)CN1. The van der Waals surface area contributed by atoms with E-state index in [1.54, 1.807) is 0 Å². The van der Waals surface area contributed by atoms with Crippen molar-refractivity contribution >= 4 is 11.3 Å². The van der Waals surface area contributed by atoms with Crippen molar-refractivity contribution in [2.24, 2.45) is 5.92 Å². The van der Waals surface area contributed by atoms with E-state index < -0.39 is 0 Å². The number of thiophene rings is 1. The molecule has 1 saturated carbocycles. The molecule has 2 aliphatic rings. The van der Waals surface area contributed by atoms with E-state index in [4.69, 9.17) is 0 Å². The van der Waals surface area contributed by atoms with E-state index in [1.165, 1.54) is 57.2 Å². The van der Waals surface area contributed by atoms with Gasteiger partial charge in [-0.25, -0.2) is 0 Å². The number of hydrogen-bond acceptors (Lipinski definition) is 3. The molecule has 112 valence electrons. The summed E-state index contributed by atoms with van der Waals surface area (Å²) in [5.41, 5.74) is 1.51. The highest BCUT2D eigenvalue weighted by Gasteiger charge is 2.33. The summed E-state index contributed by atoms with van der Waals surface area (Å²) in [5, 5.41) is 8.32. The van der Waals surface area contributed by atoms with Crippen molar-refractivity contribution in [3.8, 4) is 0 Å². The van der Waals surface area contributed by atoms with Crippen LogP contribution in [0.15, 0.2) is 16.8 Å². The molecule has 1 aliphatic carbocycles. The highest BCUT2D eigenvalue weighted by molar-refractivity contribution is 7.07. The first-order valence-corrected chi connectivity index (χ1v) is 9.29. The van der Waals surface area contributed by atoms with Crippen LogP contribution in [0.3, 0.4) is 0 Å². The van der Waals surface area contributed by atoms with Gasteiger partial charge in [0, 0.05) is 31.7 Å². The number of rotatable bonds is 4. The molecular formula is C17H28N2S. The van der Waals surface area contributed by atoms with Gasteiger partial charge in [-0.2, -0.15) is 11.3 Å². The fourth-order valence-corrected chi connectivity index (χ4v) is 4.62. The number of nitrogens with zero attached hydrogens (tertiary/aromatic N) is 1. The van der Waals surface area contributed by atoms with Crippen LogP contribution in [-0.4, -0.2) is 30.1 Å². The van der Waals surface area contributed by atoms with Crippen LogP contribution in [0.5, 0.6) is 0 Å². The molecular weight excluding hydrogens is 264 g/mol. The first-order valence-electron chi connectivity index (χ1n) is 8.35. The highest BCUT2D eigenvalue weighted by atomic mass is 32.1. The maximum atomic E-state index is 3.79. The van der Waals surface area contributed by atoms with E-state index in [2.05, 4.69) is 34.0 Å². The summed E-state index contributed by atoms with van der Waals surface area (Å²) in [4.78, 5) is 2.78. The molecule has 20 heavy (non-hydrogen) atoms. The Morgan fingerprint density at radius 1 is 1.30 bits per heavy atom. The molecule has 0 bridgehead atoms. The first-order chi connectivity index (χ1) is 9.86. The topological polar surface area (TPSA) is 15.3 Å². The summed E-state index contributed by atoms with van der Waals surface area (Å²) in [6.07, 6.45) is 8.50. The molecule has 3 heteroatoms. The van der Waals surface area contributed by atoms with Crippen LogP contribution in [0.2, 0.25) is 0 Å². The molecule has 1 N–H and O–H groups in total. The molecule has 0 aromatic carbocycles. The van der Waals surface area contributed by atoms with Gasteiger partial charge in [-0.05, 0) is 47.6 Å². The van der Waals surface area contributed by atoms with E-state index in [-0.39, 0.29) is 0 Å². The van der Waals surface area contributed by atoms with Crippen molar-refractivity contribution in [1.29, 1.82) is 0 Å². The molecule has 2 nitrogen and oxygen atoms in total. The molecule has 0 spiro atoms. The Balaban J connectivity index is 1.68. The average Bonchev–Trinajstić information content (AvgIpc) is 3.01. The molecule has 1 aromatic rings. The van der Waals surface area contributed by atoms with Crippen LogP contribution in [0, 0.1) is 5.92 Å². The molecule has 2 unspecified atom stereocenters. The standard InChI is InChI=1S/C17H28N2S/c1-2-16-12-19(11-14-8-9-20-13-14)17(10-18-16)15-6-4-3-5-7-15/h8-9,13,15-18H,2-7,10-12H2,1H3. The molecule has 1 aliphatic heterocycles. The minimum atomic E-state index is 0.688. The number of hydrogen-bond donors (Lipinski definition) is 1. The number of piperazine rings is 1. The zero-order valence-electron chi connectivity index (χ0n) is 12.7. The van der Waals surface area contributed by atoms with Gasteiger partial charge in [0.05, 0.1) is 0 Å². The first kappa shape index (κ1) is 14.6. The Kier molecular flexibility index (Phi) is 5.14. The third kappa shape index (κ3) is 3.44. The summed E-state index contributed by atoms with van der Waals surface area (Å²) >= 11 is 1.83. The Morgan fingerprint density at radius 2 is 2.15 bits per heavy atom. The van der Waals surface area contributed by atoms with Gasteiger partial charge in [0.1, 0.15) is 0 Å². The average molecular weight is 292 g/mol. The smallest absolute Gasteiger partial charge is 0.0253 e. The predicted octanol–water partition coefficient (Wildman–Crippen LogP) is 3.88. The highest BCUT2D eigenvalue weighted by Crippen LogP contribution is 2.31. The van der Waals surface area contributed by atoms with E-state index in [0.29, 0.717) is 6.04 Å². The Labute approximate surface area is 127 Å². The Morgan fingerprint density at radius 3 is 2.85 bits per heavy atom. The maximum absolute atomic E-state index is 3.79. The summed E-state index contributed by atoms with van der Waals surface area (Å²) in [6.45, 7) is 5.89. The van der Waals surface area contributed by atoms with Gasteiger partial charge in [-0.1, -0.05) is 26.2 Å². The molecule has 1 saturated heterocycles. The number of nitrogens with one attached hydrogen (secondary N) is 1. The van der Waals surface area contributed by atoms with E-state index in [1.807, 2.05) is 11.3 Å². The van der Waals surface area contributed by atoms with Crippen LogP contribution in [-0.2, 0) is 6.54 Å². The minimum Gasteiger partial charge on any atom is -0.311 e. The van der Waals surface area contributed by atoms with E-state index in [9.17, 15) is 0 Å². The third-order valence-corrected chi connectivity index (χ3v) is 5.92. The second-order valence-corrected chi connectivity index (χ2v) is 7.32. The van der Waals surface area contributed by atoms with Gasteiger partial charge < -0.3 is 5.32 Å². The molecule has 0 radical (unpaired) electrons. The van der Waals surface area contributed by atoms with Gasteiger partial charge in [0.2, 0.25) is 0 Å². The van der Waals surface area contributed by atoms with Crippen molar-refractivity contribution in [3.63, 3.8) is 0 Å². The van der Waals surface area contributed by atoms with Crippen LogP contribution < -0.4 is 5.32 Å². The minimum absolute atomic E-state index is 0.688. The molecule has 1 aromatic heterocycles. The molecule has 2 heterocycles. The lowest BCUT2D eigenvalue weighted by atomic mass is 9.82. The van der Waals surface area contributed by atoms with Crippen molar-refractivity contribution in [1.82, 2.24) is 10.2 Å². The van der Waals surface area contributed by atoms with Gasteiger partial charge in [0.25, 0.3) is 0 Å². The normalized spacial score (nSPS) is 29.6. The molecule has 2 atom stereocenters. The second kappa shape index (κ2) is 7.06. The quantitative estimate of drug-likeness (QED) is 0.906. The van der Waals surface area contributed by atoms with Crippen molar-refractivity contribution in [2.45, 2.75) is 64.1 Å². The fourth-order valence-electron chi connectivity index (χ4n) is 3.96. The lowest BCUT2D eigenvalue weighted by Crippen LogP contribution is -2.58. The van der Waals surface area contributed by atoms with E-state index in [0.717, 1.165) is 18.5 Å². The summed E-state index contributed by atoms with van der Waals surface area (Å²) in [7, 11) is 0. The Hall–Kier alpha value is -0.380. The van der Waals surface area contributed by atoms with Crippen LogP contribution in [0.1, 0.15) is 51.0 Å².